The lowest BCUT2D eigenvalue weighted by Crippen LogP contribution is -2.02. The molecule has 8 nitrogen and oxygen atoms in total. The van der Waals surface area contributed by atoms with E-state index in [2.05, 4.69) is 25.5 Å². The highest BCUT2D eigenvalue weighted by Crippen LogP contribution is 2.23. The summed E-state index contributed by atoms with van der Waals surface area (Å²) in [4.78, 5) is 8.77. The van der Waals surface area contributed by atoms with E-state index in [-0.39, 0.29) is 5.75 Å². The van der Waals surface area contributed by atoms with Crippen molar-refractivity contribution in [1.82, 2.24) is 29.5 Å². The Bertz CT molecular complexity index is 1060. The summed E-state index contributed by atoms with van der Waals surface area (Å²) in [5.41, 5.74) is 2.01. The number of hydrogen-bond donors (Lipinski definition) is 1. The molecule has 0 atom stereocenters. The fourth-order valence-corrected chi connectivity index (χ4v) is 2.46. The fraction of sp³-hybridized carbons (Fsp3) is 0.125. The van der Waals surface area contributed by atoms with Crippen molar-refractivity contribution in [3.63, 3.8) is 0 Å². The van der Waals surface area contributed by atoms with Gasteiger partial charge in [0.05, 0.1) is 36.3 Å². The molecule has 0 spiro atoms. The number of benzene rings is 1. The van der Waals surface area contributed by atoms with Gasteiger partial charge in [-0.25, -0.2) is 14.1 Å². The van der Waals surface area contributed by atoms with Gasteiger partial charge in [-0.3, -0.25) is 4.68 Å². The molecule has 25 heavy (non-hydrogen) atoms. The molecule has 0 radical (unpaired) electrons. The number of methoxy groups -OCH3 is 1. The Morgan fingerprint density at radius 1 is 1.16 bits per heavy atom. The first-order valence-corrected chi connectivity index (χ1v) is 7.44. The van der Waals surface area contributed by atoms with Crippen LogP contribution in [0.15, 0.2) is 43.0 Å². The summed E-state index contributed by atoms with van der Waals surface area (Å²) in [6.07, 6.45) is 6.82. The number of halogens is 1. The third-order valence-corrected chi connectivity index (χ3v) is 3.65. The number of fused-ring (bicyclic) bond motifs is 1. The summed E-state index contributed by atoms with van der Waals surface area (Å²) in [6, 6.07) is 4.51. The smallest absolute Gasteiger partial charge is 0.229 e. The minimum Gasteiger partial charge on any atom is -0.494 e. The highest BCUT2D eigenvalue weighted by molar-refractivity contribution is 5.77. The van der Waals surface area contributed by atoms with E-state index in [4.69, 9.17) is 4.74 Å². The Morgan fingerprint density at radius 2 is 2.04 bits per heavy atom. The molecule has 0 bridgehead atoms. The molecule has 3 heterocycles. The first kappa shape index (κ1) is 15.1. The van der Waals surface area contributed by atoms with Gasteiger partial charge in [-0.05, 0) is 12.1 Å². The van der Waals surface area contributed by atoms with Crippen molar-refractivity contribution in [2.24, 2.45) is 7.05 Å². The molecule has 0 aliphatic carbocycles. The van der Waals surface area contributed by atoms with E-state index in [1.807, 2.05) is 13.2 Å². The average Bonchev–Trinajstić information content (AvgIpc) is 3.21. The van der Waals surface area contributed by atoms with Crippen LogP contribution in [0.2, 0.25) is 0 Å². The van der Waals surface area contributed by atoms with Gasteiger partial charge in [-0.1, -0.05) is 0 Å². The van der Waals surface area contributed by atoms with E-state index in [1.165, 1.54) is 13.2 Å². The lowest BCUT2D eigenvalue weighted by Gasteiger charge is -2.07. The molecule has 0 fully saturated rings. The largest absolute Gasteiger partial charge is 0.494 e. The second kappa shape index (κ2) is 5.86. The minimum absolute atomic E-state index is 0.143. The third kappa shape index (κ3) is 2.75. The van der Waals surface area contributed by atoms with Gasteiger partial charge < -0.3 is 10.1 Å². The predicted molar refractivity (Wildman–Crippen MR) is 89.7 cm³/mol. The van der Waals surface area contributed by atoms with Gasteiger partial charge >= 0.3 is 0 Å². The summed E-state index contributed by atoms with van der Waals surface area (Å²) in [5.74, 6) is 0.122. The van der Waals surface area contributed by atoms with Crippen molar-refractivity contribution in [1.29, 1.82) is 0 Å². The third-order valence-electron chi connectivity index (χ3n) is 3.65. The maximum absolute atomic E-state index is 13.6. The van der Waals surface area contributed by atoms with Crippen molar-refractivity contribution in [3.05, 3.63) is 48.8 Å². The molecule has 0 unspecified atom stereocenters. The summed E-state index contributed by atoms with van der Waals surface area (Å²) < 4.78 is 21.9. The van der Waals surface area contributed by atoms with Gasteiger partial charge in [-0.15, -0.1) is 0 Å². The zero-order valence-corrected chi connectivity index (χ0v) is 13.5. The Labute approximate surface area is 141 Å². The van der Waals surface area contributed by atoms with Crippen molar-refractivity contribution in [2.75, 3.05) is 12.4 Å². The van der Waals surface area contributed by atoms with Gasteiger partial charge in [0.25, 0.3) is 0 Å². The van der Waals surface area contributed by atoms with Gasteiger partial charge in [-0.2, -0.15) is 15.2 Å². The lowest BCUT2D eigenvalue weighted by atomic mass is 10.3. The van der Waals surface area contributed by atoms with Crippen LogP contribution in [0.5, 0.6) is 5.75 Å². The number of hydrogen-bond acceptors (Lipinski definition) is 6. The first-order valence-electron chi connectivity index (χ1n) is 7.44. The maximum Gasteiger partial charge on any atom is 0.229 e. The monoisotopic (exact) mass is 339 g/mol. The van der Waals surface area contributed by atoms with Crippen LogP contribution in [0, 0.1) is 5.82 Å². The minimum atomic E-state index is -0.434. The maximum atomic E-state index is 13.6. The highest BCUT2D eigenvalue weighted by Gasteiger charge is 2.11. The number of nitrogens with one attached hydrogen (secondary N) is 1. The van der Waals surface area contributed by atoms with Gasteiger partial charge in [0.15, 0.2) is 17.2 Å². The molecule has 0 saturated carbocycles. The van der Waals surface area contributed by atoms with Crippen LogP contribution in [0.1, 0.15) is 0 Å². The van der Waals surface area contributed by atoms with Gasteiger partial charge in [0.1, 0.15) is 0 Å². The molecule has 0 saturated heterocycles. The standard InChI is InChI=1S/C16H14FN7O/c1-23-9-11(8-19-23)21-16-18-6-10-7-20-24(15(10)22-16)12-3-4-13(17)14(5-12)25-2/h3-9H,1-2H3,(H,18,21,22). The molecule has 1 aromatic carbocycles. The summed E-state index contributed by atoms with van der Waals surface area (Å²) >= 11 is 0. The summed E-state index contributed by atoms with van der Waals surface area (Å²) in [5, 5.41) is 12.3. The van der Waals surface area contributed by atoms with Crippen LogP contribution in [0.4, 0.5) is 16.0 Å². The predicted octanol–water partition coefficient (Wildman–Crippen LogP) is 2.44. The zero-order chi connectivity index (χ0) is 17.4. The van der Waals surface area contributed by atoms with Crippen LogP contribution in [-0.2, 0) is 7.05 Å². The summed E-state index contributed by atoms with van der Waals surface area (Å²) in [7, 11) is 3.24. The normalized spacial score (nSPS) is 11.0. The highest BCUT2D eigenvalue weighted by atomic mass is 19.1. The Hall–Kier alpha value is -3.49. The van der Waals surface area contributed by atoms with Crippen molar-refractivity contribution < 1.29 is 9.13 Å². The first-order chi connectivity index (χ1) is 12.1. The van der Waals surface area contributed by atoms with Gasteiger partial charge in [0, 0.05) is 25.5 Å². The molecule has 0 aliphatic rings. The number of ether oxygens (including phenoxy) is 1. The van der Waals surface area contributed by atoms with Crippen LogP contribution >= 0.6 is 0 Å². The van der Waals surface area contributed by atoms with Crippen molar-refractivity contribution >= 4 is 22.7 Å². The van der Waals surface area contributed by atoms with E-state index in [9.17, 15) is 4.39 Å². The Morgan fingerprint density at radius 3 is 2.80 bits per heavy atom. The molecule has 9 heteroatoms. The number of nitrogens with zero attached hydrogens (tertiary/aromatic N) is 6. The van der Waals surface area contributed by atoms with E-state index in [1.54, 1.807) is 40.1 Å². The molecule has 4 aromatic rings. The van der Waals surface area contributed by atoms with E-state index in [0.717, 1.165) is 11.1 Å². The fourth-order valence-electron chi connectivity index (χ4n) is 2.46. The molecule has 3 aromatic heterocycles. The van der Waals surface area contributed by atoms with Crippen LogP contribution in [0.3, 0.4) is 0 Å². The van der Waals surface area contributed by atoms with Gasteiger partial charge in [0.2, 0.25) is 5.95 Å². The average molecular weight is 339 g/mol. The molecular weight excluding hydrogens is 325 g/mol. The molecule has 0 amide bonds. The Kier molecular flexibility index (Phi) is 3.53. The van der Waals surface area contributed by atoms with Crippen LogP contribution in [0.25, 0.3) is 16.7 Å². The number of anilines is 2. The number of aromatic nitrogens is 6. The molecule has 126 valence electrons. The van der Waals surface area contributed by atoms with E-state index >= 15 is 0 Å². The Balaban J connectivity index is 1.76. The van der Waals surface area contributed by atoms with Crippen LogP contribution in [-0.4, -0.2) is 36.6 Å². The van der Waals surface area contributed by atoms with Crippen LogP contribution < -0.4 is 10.1 Å². The molecular formula is C16H14FN7O. The van der Waals surface area contributed by atoms with Crippen molar-refractivity contribution in [3.8, 4) is 11.4 Å². The SMILES string of the molecule is COc1cc(-n2ncc3cnc(Nc4cnn(C)c4)nc32)ccc1F. The molecule has 4 rings (SSSR count). The molecule has 0 aliphatic heterocycles. The molecule has 1 N–H and O–H groups in total. The van der Waals surface area contributed by atoms with E-state index in [0.29, 0.717) is 17.3 Å². The quantitative estimate of drug-likeness (QED) is 0.615. The topological polar surface area (TPSA) is 82.7 Å². The second-order valence-electron chi connectivity index (χ2n) is 5.38. The van der Waals surface area contributed by atoms with E-state index < -0.39 is 5.82 Å². The zero-order valence-electron chi connectivity index (χ0n) is 13.5. The lowest BCUT2D eigenvalue weighted by molar-refractivity contribution is 0.386. The van der Waals surface area contributed by atoms with Crippen molar-refractivity contribution in [2.45, 2.75) is 0 Å². The second-order valence-corrected chi connectivity index (χ2v) is 5.38. The number of rotatable bonds is 4. The summed E-state index contributed by atoms with van der Waals surface area (Å²) in [6.45, 7) is 0. The number of aryl methyl sites for hydroxylation is 1.